The first-order valence-electron chi connectivity index (χ1n) is 8.27. The van der Waals surface area contributed by atoms with Crippen LogP contribution in [0.3, 0.4) is 0 Å². The van der Waals surface area contributed by atoms with Crippen LogP contribution in [0.4, 0.5) is 4.79 Å². The molecule has 0 N–H and O–H groups in total. The Hall–Kier alpha value is -3.13. The third-order valence-electron chi connectivity index (χ3n) is 4.48. The maximum Gasteiger partial charge on any atom is 0.359 e. The van der Waals surface area contributed by atoms with Crippen LogP contribution in [0.15, 0.2) is 59.5 Å². The lowest BCUT2D eigenvalue weighted by atomic mass is 10.1. The van der Waals surface area contributed by atoms with E-state index in [0.717, 1.165) is 25.9 Å². The van der Waals surface area contributed by atoms with E-state index in [1.807, 2.05) is 19.1 Å². The van der Waals surface area contributed by atoms with Crippen LogP contribution in [-0.4, -0.2) is 35.6 Å². The molecular formula is C19H17N3O4S. The average molecular weight is 383 g/mol. The van der Waals surface area contributed by atoms with E-state index in [1.54, 1.807) is 37.4 Å². The van der Waals surface area contributed by atoms with Gasteiger partial charge in [-0.25, -0.2) is 17.5 Å². The van der Waals surface area contributed by atoms with Gasteiger partial charge in [-0.05, 0) is 49.4 Å². The summed E-state index contributed by atoms with van der Waals surface area (Å²) in [6.45, 7) is 1.83. The molecule has 1 amide bonds. The molecule has 4 rings (SSSR count). The molecule has 0 unspecified atom stereocenters. The summed E-state index contributed by atoms with van der Waals surface area (Å²) in [7, 11) is -2.34. The van der Waals surface area contributed by atoms with Crippen molar-refractivity contribution in [3.8, 4) is 17.0 Å². The number of fused-ring (bicyclic) bond motifs is 1. The molecule has 1 aromatic heterocycles. The minimum atomic E-state index is -3.92. The van der Waals surface area contributed by atoms with Gasteiger partial charge in [0.2, 0.25) is 0 Å². The van der Waals surface area contributed by atoms with Crippen LogP contribution in [0.5, 0.6) is 5.75 Å². The van der Waals surface area contributed by atoms with E-state index in [0.29, 0.717) is 11.4 Å². The van der Waals surface area contributed by atoms with Crippen molar-refractivity contribution in [1.82, 2.24) is 14.1 Å². The Kier molecular flexibility index (Phi) is 4.00. The number of benzene rings is 2. The van der Waals surface area contributed by atoms with Crippen LogP contribution in [0.25, 0.3) is 11.3 Å². The number of rotatable bonds is 4. The predicted molar refractivity (Wildman–Crippen MR) is 98.9 cm³/mol. The standard InChI is InChI=1S/C19H17N3O4S/c1-13-3-9-17(10-4-13)27(24,25)21-12-15-11-18(20-22(15)19(21)23)14-5-7-16(26-2)8-6-14/h3-11H,12H2,1-2H3. The minimum Gasteiger partial charge on any atom is -0.497 e. The van der Waals surface area contributed by atoms with Gasteiger partial charge in [0.05, 0.1) is 29.9 Å². The third-order valence-corrected chi connectivity index (χ3v) is 6.21. The lowest BCUT2D eigenvalue weighted by Gasteiger charge is -2.15. The smallest absolute Gasteiger partial charge is 0.359 e. The van der Waals surface area contributed by atoms with Crippen molar-refractivity contribution in [3.63, 3.8) is 0 Å². The van der Waals surface area contributed by atoms with Gasteiger partial charge in [0.25, 0.3) is 10.0 Å². The maximum atomic E-state index is 12.8. The van der Waals surface area contributed by atoms with Gasteiger partial charge in [0, 0.05) is 5.56 Å². The molecule has 2 heterocycles. The monoisotopic (exact) mass is 383 g/mol. The Morgan fingerprint density at radius 2 is 1.70 bits per heavy atom. The molecule has 0 bridgehead atoms. The first-order chi connectivity index (χ1) is 12.9. The molecule has 7 nitrogen and oxygen atoms in total. The molecular weight excluding hydrogens is 366 g/mol. The Labute approximate surface area is 156 Å². The molecule has 27 heavy (non-hydrogen) atoms. The first-order valence-corrected chi connectivity index (χ1v) is 9.71. The second-order valence-electron chi connectivity index (χ2n) is 6.27. The summed E-state index contributed by atoms with van der Waals surface area (Å²) in [4.78, 5) is 12.7. The Balaban J connectivity index is 1.63. The minimum absolute atomic E-state index is 0.0435. The van der Waals surface area contributed by atoms with Crippen molar-refractivity contribution < 1.29 is 17.9 Å². The summed E-state index contributed by atoms with van der Waals surface area (Å²) in [6.07, 6.45) is 0. The second-order valence-corrected chi connectivity index (χ2v) is 8.13. The van der Waals surface area contributed by atoms with Crippen LogP contribution >= 0.6 is 0 Å². The number of sulfonamides is 1. The fourth-order valence-corrected chi connectivity index (χ4v) is 4.27. The quantitative estimate of drug-likeness (QED) is 0.692. The first kappa shape index (κ1) is 17.3. The van der Waals surface area contributed by atoms with Gasteiger partial charge < -0.3 is 4.74 Å². The predicted octanol–water partition coefficient (Wildman–Crippen LogP) is 3.04. The van der Waals surface area contributed by atoms with E-state index in [1.165, 1.54) is 12.1 Å². The van der Waals surface area contributed by atoms with Crippen molar-refractivity contribution >= 4 is 16.1 Å². The number of nitrogens with zero attached hydrogens (tertiary/aromatic N) is 3. The highest BCUT2D eigenvalue weighted by Crippen LogP contribution is 2.29. The zero-order chi connectivity index (χ0) is 19.2. The van der Waals surface area contributed by atoms with Crippen LogP contribution in [-0.2, 0) is 16.6 Å². The average Bonchev–Trinajstić information content (AvgIpc) is 3.22. The topological polar surface area (TPSA) is 81.5 Å². The fraction of sp³-hybridized carbons (Fsp3) is 0.158. The van der Waals surface area contributed by atoms with E-state index in [-0.39, 0.29) is 11.4 Å². The summed E-state index contributed by atoms with van der Waals surface area (Å²) in [5, 5.41) is 4.29. The Morgan fingerprint density at radius 3 is 2.30 bits per heavy atom. The van der Waals surface area contributed by atoms with Gasteiger partial charge in [-0.2, -0.15) is 9.78 Å². The van der Waals surface area contributed by atoms with E-state index >= 15 is 0 Å². The van der Waals surface area contributed by atoms with Crippen molar-refractivity contribution in [2.75, 3.05) is 7.11 Å². The van der Waals surface area contributed by atoms with Crippen molar-refractivity contribution in [2.24, 2.45) is 0 Å². The van der Waals surface area contributed by atoms with Gasteiger partial charge in [-0.15, -0.1) is 0 Å². The van der Waals surface area contributed by atoms with Gasteiger partial charge in [-0.1, -0.05) is 17.7 Å². The Bertz CT molecular complexity index is 1120. The summed E-state index contributed by atoms with van der Waals surface area (Å²) in [5.41, 5.74) is 2.90. The summed E-state index contributed by atoms with van der Waals surface area (Å²) in [5.74, 6) is 0.719. The largest absolute Gasteiger partial charge is 0.497 e. The highest BCUT2D eigenvalue weighted by molar-refractivity contribution is 7.89. The maximum absolute atomic E-state index is 12.8. The molecule has 0 saturated heterocycles. The van der Waals surface area contributed by atoms with Gasteiger partial charge >= 0.3 is 6.03 Å². The number of aromatic nitrogens is 2. The van der Waals surface area contributed by atoms with Crippen LogP contribution in [0, 0.1) is 6.92 Å². The van der Waals surface area contributed by atoms with Gasteiger partial charge in [0.15, 0.2) is 0 Å². The van der Waals surface area contributed by atoms with Crippen LogP contribution in [0.2, 0.25) is 0 Å². The highest BCUT2D eigenvalue weighted by atomic mass is 32.2. The molecule has 2 aromatic carbocycles. The second kappa shape index (κ2) is 6.24. The molecule has 0 spiro atoms. The number of carbonyl (C=O) groups is 1. The molecule has 1 aliphatic rings. The highest BCUT2D eigenvalue weighted by Gasteiger charge is 2.38. The molecule has 138 valence electrons. The Morgan fingerprint density at radius 1 is 1.04 bits per heavy atom. The summed E-state index contributed by atoms with van der Waals surface area (Å²) < 4.78 is 32.7. The third kappa shape index (κ3) is 2.87. The van der Waals surface area contributed by atoms with E-state index in [4.69, 9.17) is 4.74 Å². The van der Waals surface area contributed by atoms with E-state index in [2.05, 4.69) is 5.10 Å². The van der Waals surface area contributed by atoms with E-state index < -0.39 is 16.1 Å². The fourth-order valence-electron chi connectivity index (χ4n) is 2.95. The molecule has 0 fully saturated rings. The van der Waals surface area contributed by atoms with Gasteiger partial charge in [0.1, 0.15) is 5.75 Å². The number of hydrogen-bond donors (Lipinski definition) is 0. The SMILES string of the molecule is COc1ccc(-c2cc3n(n2)C(=O)N(S(=O)(=O)c2ccc(C)cc2)C3)cc1. The zero-order valence-corrected chi connectivity index (χ0v) is 15.6. The molecule has 1 aliphatic heterocycles. The summed E-state index contributed by atoms with van der Waals surface area (Å²) >= 11 is 0. The molecule has 8 heteroatoms. The number of hydrogen-bond acceptors (Lipinski definition) is 5. The van der Waals surface area contributed by atoms with Crippen LogP contribution < -0.4 is 4.74 Å². The van der Waals surface area contributed by atoms with Crippen molar-refractivity contribution in [3.05, 3.63) is 65.9 Å². The number of aryl methyl sites for hydroxylation is 1. The number of amides is 1. The molecule has 0 atom stereocenters. The molecule has 3 aromatic rings. The summed E-state index contributed by atoms with van der Waals surface area (Å²) in [6, 6.07) is 14.7. The molecule has 0 aliphatic carbocycles. The van der Waals surface area contributed by atoms with Crippen molar-refractivity contribution in [1.29, 1.82) is 0 Å². The van der Waals surface area contributed by atoms with Crippen LogP contribution in [0.1, 0.15) is 11.3 Å². The zero-order valence-electron chi connectivity index (χ0n) is 14.8. The lowest BCUT2D eigenvalue weighted by molar-refractivity contribution is 0.229. The number of carbonyl (C=O) groups excluding carboxylic acids is 1. The number of ether oxygens (including phenoxy) is 1. The number of methoxy groups -OCH3 is 1. The van der Waals surface area contributed by atoms with Gasteiger partial charge in [-0.3, -0.25) is 0 Å². The normalized spacial score (nSPS) is 13.7. The van der Waals surface area contributed by atoms with E-state index in [9.17, 15) is 13.2 Å². The van der Waals surface area contributed by atoms with Crippen molar-refractivity contribution in [2.45, 2.75) is 18.4 Å². The molecule has 0 saturated carbocycles. The lowest BCUT2D eigenvalue weighted by Crippen LogP contribution is -2.33. The molecule has 0 radical (unpaired) electrons.